The van der Waals surface area contributed by atoms with E-state index in [1.807, 2.05) is 42.2 Å². The number of fused-ring (bicyclic) bond motifs is 1. The highest BCUT2D eigenvalue weighted by Crippen LogP contribution is 2.32. The van der Waals surface area contributed by atoms with Gasteiger partial charge in [-0.3, -0.25) is 14.3 Å². The second-order valence-electron chi connectivity index (χ2n) is 7.56. The minimum atomic E-state index is -0.0378. The van der Waals surface area contributed by atoms with Crippen LogP contribution in [-0.4, -0.2) is 63.2 Å². The lowest BCUT2D eigenvalue weighted by atomic mass is 10.1. The first-order valence-corrected chi connectivity index (χ1v) is 10.0. The van der Waals surface area contributed by atoms with E-state index in [0.717, 1.165) is 42.6 Å². The smallest absolute Gasteiger partial charge is 0.274 e. The predicted molar refractivity (Wildman–Crippen MR) is 110 cm³/mol. The van der Waals surface area contributed by atoms with Crippen LogP contribution in [0.2, 0.25) is 0 Å². The summed E-state index contributed by atoms with van der Waals surface area (Å²) in [7, 11) is 0. The molecule has 8 heteroatoms. The Morgan fingerprint density at radius 1 is 1.07 bits per heavy atom. The number of hydrogen-bond donors (Lipinski definition) is 0. The number of nitrogens with zero attached hydrogens (tertiary/aromatic N) is 5. The van der Waals surface area contributed by atoms with Gasteiger partial charge in [0.25, 0.3) is 5.91 Å². The zero-order chi connectivity index (χ0) is 20.5. The first-order valence-electron chi connectivity index (χ1n) is 10.0. The Hall–Kier alpha value is -3.39. The molecule has 0 N–H and O–H groups in total. The fourth-order valence-electron chi connectivity index (χ4n) is 3.80. The Morgan fingerprint density at radius 2 is 1.90 bits per heavy atom. The van der Waals surface area contributed by atoms with Gasteiger partial charge in [-0.15, -0.1) is 0 Å². The van der Waals surface area contributed by atoms with Gasteiger partial charge in [-0.05, 0) is 36.8 Å². The number of imidazole rings is 1. The molecule has 0 atom stereocenters. The first-order chi connectivity index (χ1) is 14.7. The quantitative estimate of drug-likeness (QED) is 0.663. The van der Waals surface area contributed by atoms with Gasteiger partial charge in [0, 0.05) is 44.6 Å². The van der Waals surface area contributed by atoms with Crippen LogP contribution >= 0.6 is 0 Å². The Labute approximate surface area is 174 Å². The van der Waals surface area contributed by atoms with Crippen LogP contribution in [0.1, 0.15) is 21.7 Å². The molecule has 0 saturated carbocycles. The molecule has 1 saturated heterocycles. The minimum absolute atomic E-state index is 0.0378. The molecule has 1 fully saturated rings. The molecule has 2 aliphatic rings. The number of carbonyl (C=O) groups excluding carboxylic acids is 1. The number of aromatic nitrogens is 3. The maximum atomic E-state index is 12.9. The third kappa shape index (κ3) is 3.73. The molecule has 154 valence electrons. The van der Waals surface area contributed by atoms with E-state index in [4.69, 9.17) is 9.47 Å². The molecule has 1 amide bonds. The van der Waals surface area contributed by atoms with Gasteiger partial charge < -0.3 is 14.4 Å². The molecule has 8 nitrogen and oxygen atoms in total. The molecule has 0 spiro atoms. The van der Waals surface area contributed by atoms with E-state index in [1.54, 1.807) is 17.1 Å². The van der Waals surface area contributed by atoms with E-state index in [2.05, 4.69) is 20.9 Å². The SMILES string of the molecule is Cc1cccc(-n2cnc(C(=O)N3CCN(Cc4ccc5c(c4)OCO5)CC3)c2)n1. The van der Waals surface area contributed by atoms with Crippen LogP contribution in [0.5, 0.6) is 11.5 Å². The number of piperazine rings is 1. The summed E-state index contributed by atoms with van der Waals surface area (Å²) in [5.74, 6) is 2.33. The summed E-state index contributed by atoms with van der Waals surface area (Å²) in [6, 6.07) is 11.8. The fraction of sp³-hybridized carbons (Fsp3) is 0.318. The van der Waals surface area contributed by atoms with Crippen molar-refractivity contribution in [3.05, 3.63) is 65.9 Å². The highest BCUT2D eigenvalue weighted by Gasteiger charge is 2.24. The lowest BCUT2D eigenvalue weighted by Gasteiger charge is -2.34. The minimum Gasteiger partial charge on any atom is -0.454 e. The van der Waals surface area contributed by atoms with Gasteiger partial charge in [0.1, 0.15) is 17.8 Å². The average molecular weight is 405 g/mol. The van der Waals surface area contributed by atoms with Crippen LogP contribution in [0.4, 0.5) is 0 Å². The van der Waals surface area contributed by atoms with Gasteiger partial charge in [-0.25, -0.2) is 9.97 Å². The number of hydrogen-bond acceptors (Lipinski definition) is 6. The lowest BCUT2D eigenvalue weighted by molar-refractivity contribution is 0.0623. The van der Waals surface area contributed by atoms with Crippen molar-refractivity contribution in [1.29, 1.82) is 0 Å². The number of aryl methyl sites for hydroxylation is 1. The summed E-state index contributed by atoms with van der Waals surface area (Å²) >= 11 is 0. The van der Waals surface area contributed by atoms with Crippen molar-refractivity contribution in [1.82, 2.24) is 24.3 Å². The van der Waals surface area contributed by atoms with Crippen molar-refractivity contribution in [3.63, 3.8) is 0 Å². The highest BCUT2D eigenvalue weighted by molar-refractivity contribution is 5.92. The molecule has 0 bridgehead atoms. The summed E-state index contributed by atoms with van der Waals surface area (Å²) in [5.41, 5.74) is 2.55. The highest BCUT2D eigenvalue weighted by atomic mass is 16.7. The number of rotatable bonds is 4. The Morgan fingerprint density at radius 3 is 2.73 bits per heavy atom. The van der Waals surface area contributed by atoms with E-state index in [-0.39, 0.29) is 12.7 Å². The predicted octanol–water partition coefficient (Wildman–Crippen LogP) is 2.26. The summed E-state index contributed by atoms with van der Waals surface area (Å²) < 4.78 is 12.6. The second-order valence-corrected chi connectivity index (χ2v) is 7.56. The molecule has 2 aliphatic heterocycles. The molecule has 3 aromatic rings. The molecular formula is C22H23N5O3. The monoisotopic (exact) mass is 405 g/mol. The average Bonchev–Trinajstić information content (AvgIpc) is 3.43. The molecular weight excluding hydrogens is 382 g/mol. The zero-order valence-electron chi connectivity index (χ0n) is 16.8. The maximum absolute atomic E-state index is 12.9. The van der Waals surface area contributed by atoms with Crippen LogP contribution in [0.3, 0.4) is 0 Å². The van der Waals surface area contributed by atoms with Gasteiger partial charge in [-0.1, -0.05) is 12.1 Å². The van der Waals surface area contributed by atoms with Crippen molar-refractivity contribution < 1.29 is 14.3 Å². The molecule has 5 rings (SSSR count). The lowest BCUT2D eigenvalue weighted by Crippen LogP contribution is -2.48. The summed E-state index contributed by atoms with van der Waals surface area (Å²) in [5, 5.41) is 0. The summed E-state index contributed by atoms with van der Waals surface area (Å²) in [6.45, 7) is 6.05. The van der Waals surface area contributed by atoms with Crippen LogP contribution in [0.25, 0.3) is 5.82 Å². The van der Waals surface area contributed by atoms with Crippen molar-refractivity contribution >= 4 is 5.91 Å². The van der Waals surface area contributed by atoms with Crippen LogP contribution < -0.4 is 9.47 Å². The largest absolute Gasteiger partial charge is 0.454 e. The topological polar surface area (TPSA) is 72.7 Å². The second kappa shape index (κ2) is 7.79. The first kappa shape index (κ1) is 18.6. The van der Waals surface area contributed by atoms with Crippen LogP contribution in [0, 0.1) is 6.92 Å². The molecule has 2 aromatic heterocycles. The van der Waals surface area contributed by atoms with E-state index >= 15 is 0 Å². The zero-order valence-corrected chi connectivity index (χ0v) is 16.8. The third-order valence-corrected chi connectivity index (χ3v) is 5.44. The van der Waals surface area contributed by atoms with Crippen molar-refractivity contribution in [3.8, 4) is 17.3 Å². The van der Waals surface area contributed by atoms with Crippen LogP contribution in [-0.2, 0) is 6.54 Å². The van der Waals surface area contributed by atoms with E-state index in [0.29, 0.717) is 18.8 Å². The number of carbonyl (C=O) groups is 1. The Balaban J connectivity index is 1.19. The Bertz CT molecular complexity index is 1070. The number of benzene rings is 1. The molecule has 30 heavy (non-hydrogen) atoms. The van der Waals surface area contributed by atoms with Gasteiger partial charge in [0.05, 0.1) is 0 Å². The van der Waals surface area contributed by atoms with E-state index in [9.17, 15) is 4.79 Å². The maximum Gasteiger partial charge on any atom is 0.274 e. The van der Waals surface area contributed by atoms with Gasteiger partial charge in [0.15, 0.2) is 11.5 Å². The number of pyridine rings is 1. The third-order valence-electron chi connectivity index (χ3n) is 5.44. The van der Waals surface area contributed by atoms with Crippen LogP contribution in [0.15, 0.2) is 48.9 Å². The molecule has 0 unspecified atom stereocenters. The molecule has 0 aliphatic carbocycles. The van der Waals surface area contributed by atoms with Crippen molar-refractivity contribution in [2.45, 2.75) is 13.5 Å². The van der Waals surface area contributed by atoms with Gasteiger partial charge in [0.2, 0.25) is 6.79 Å². The molecule has 4 heterocycles. The summed E-state index contributed by atoms with van der Waals surface area (Å²) in [4.78, 5) is 25.9. The molecule has 1 aromatic carbocycles. The van der Waals surface area contributed by atoms with Gasteiger partial charge >= 0.3 is 0 Å². The Kier molecular flexibility index (Phi) is 4.84. The van der Waals surface area contributed by atoms with E-state index in [1.165, 1.54) is 5.56 Å². The van der Waals surface area contributed by atoms with Gasteiger partial charge in [-0.2, -0.15) is 0 Å². The standard InChI is InChI=1S/C22H23N5O3/c1-16-3-2-4-21(24-16)27-13-18(23-14-27)22(28)26-9-7-25(8-10-26)12-17-5-6-19-20(11-17)30-15-29-19/h2-6,11,13-14H,7-10,12,15H2,1H3. The van der Waals surface area contributed by atoms with Crippen molar-refractivity contribution in [2.75, 3.05) is 33.0 Å². The van der Waals surface area contributed by atoms with Crippen molar-refractivity contribution in [2.24, 2.45) is 0 Å². The number of amides is 1. The number of ether oxygens (including phenoxy) is 2. The fourth-order valence-corrected chi connectivity index (χ4v) is 3.80. The summed E-state index contributed by atoms with van der Waals surface area (Å²) in [6.07, 6.45) is 3.40. The van der Waals surface area contributed by atoms with E-state index < -0.39 is 0 Å². The molecule has 0 radical (unpaired) electrons. The normalized spacial score (nSPS) is 16.1.